The van der Waals surface area contributed by atoms with E-state index in [-0.39, 0.29) is 35.2 Å². The van der Waals surface area contributed by atoms with Gasteiger partial charge in [-0.25, -0.2) is 13.6 Å². The zero-order valence-corrected chi connectivity index (χ0v) is 19.0. The minimum atomic E-state index is -1.69. The van der Waals surface area contributed by atoms with Crippen LogP contribution in [0.15, 0.2) is 54.7 Å². The van der Waals surface area contributed by atoms with Crippen LogP contribution in [0.4, 0.5) is 10.1 Å². The molecule has 2 N–H and O–H groups in total. The summed E-state index contributed by atoms with van der Waals surface area (Å²) in [6.45, 7) is 0.249. The van der Waals surface area contributed by atoms with E-state index in [1.807, 2.05) is 0 Å². The zero-order chi connectivity index (χ0) is 23.5. The zero-order valence-electron chi connectivity index (χ0n) is 17.4. The van der Waals surface area contributed by atoms with E-state index in [9.17, 15) is 18.2 Å². The van der Waals surface area contributed by atoms with E-state index < -0.39 is 22.1 Å². The molecule has 0 aliphatic carbocycles. The second-order valence-electron chi connectivity index (χ2n) is 7.35. The molecule has 1 aliphatic rings. The van der Waals surface area contributed by atoms with E-state index in [0.717, 1.165) is 5.56 Å². The lowest BCUT2D eigenvalue weighted by Crippen LogP contribution is -2.37. The number of rotatable bonds is 6. The fourth-order valence-electron chi connectivity index (χ4n) is 3.43. The average Bonchev–Trinajstić information content (AvgIpc) is 2.82. The van der Waals surface area contributed by atoms with Crippen LogP contribution < -0.4 is 14.8 Å². The number of pyridine rings is 1. The maximum absolute atomic E-state index is 13.4. The van der Waals surface area contributed by atoms with Gasteiger partial charge in [0.1, 0.15) is 22.1 Å². The van der Waals surface area contributed by atoms with Gasteiger partial charge in [0.05, 0.1) is 17.8 Å². The number of carbonyl (C=O) groups excluding carboxylic acids is 2. The highest BCUT2D eigenvalue weighted by atomic mass is 35.5. The predicted molar refractivity (Wildman–Crippen MR) is 123 cm³/mol. The Morgan fingerprint density at radius 1 is 1.21 bits per heavy atom. The van der Waals surface area contributed by atoms with Crippen LogP contribution >= 0.6 is 11.6 Å². The molecule has 0 fully saturated rings. The Balaban J connectivity index is 1.51. The molecule has 0 radical (unpaired) electrons. The summed E-state index contributed by atoms with van der Waals surface area (Å²) in [6, 6.07) is 12.2. The molecule has 2 atom stereocenters. The topological polar surface area (TPSA) is 97.4 Å². The van der Waals surface area contributed by atoms with Crippen LogP contribution in [-0.4, -0.2) is 33.2 Å². The Bertz CT molecular complexity index is 1270. The summed E-state index contributed by atoms with van der Waals surface area (Å²) >= 11 is 5.83. The van der Waals surface area contributed by atoms with Crippen molar-refractivity contribution in [3.05, 3.63) is 87.8 Å². The van der Waals surface area contributed by atoms with Crippen LogP contribution in [0, 0.1) is 5.82 Å². The number of anilines is 1. The molecule has 0 spiro atoms. The lowest BCUT2D eigenvalue weighted by atomic mass is 9.98. The second kappa shape index (κ2) is 9.68. The Morgan fingerprint density at radius 3 is 2.79 bits per heavy atom. The van der Waals surface area contributed by atoms with Crippen molar-refractivity contribution in [1.29, 1.82) is 0 Å². The number of nitrogens with zero attached hydrogens (tertiary/aromatic N) is 1. The van der Waals surface area contributed by atoms with Crippen molar-refractivity contribution in [2.75, 3.05) is 11.8 Å². The van der Waals surface area contributed by atoms with Crippen LogP contribution in [0.3, 0.4) is 0 Å². The van der Waals surface area contributed by atoms with Gasteiger partial charge < -0.3 is 14.8 Å². The molecular formula is C23H19ClFN3O4S. The van der Waals surface area contributed by atoms with Gasteiger partial charge in [0, 0.05) is 29.9 Å². The third-order valence-electron chi connectivity index (χ3n) is 5.18. The van der Waals surface area contributed by atoms with Gasteiger partial charge in [-0.1, -0.05) is 17.7 Å². The fraction of sp³-hybridized carbons (Fsp3) is 0.174. The number of halogens is 2. The van der Waals surface area contributed by atoms with E-state index in [4.69, 9.17) is 16.3 Å². The van der Waals surface area contributed by atoms with Gasteiger partial charge in [0.2, 0.25) is 5.88 Å². The monoisotopic (exact) mass is 487 g/mol. The van der Waals surface area contributed by atoms with Crippen molar-refractivity contribution in [3.63, 3.8) is 0 Å². The first-order valence-electron chi connectivity index (χ1n) is 9.92. The first-order chi connectivity index (χ1) is 15.9. The van der Waals surface area contributed by atoms with Crippen molar-refractivity contribution in [3.8, 4) is 5.88 Å². The molecule has 0 saturated heterocycles. The lowest BCUT2D eigenvalue weighted by Gasteiger charge is -2.24. The Hall–Kier alpha value is -3.30. The third kappa shape index (κ3) is 5.04. The molecule has 170 valence electrons. The first kappa shape index (κ1) is 22.9. The number of amides is 1. The maximum Gasteiger partial charge on any atom is 0.251 e. The van der Waals surface area contributed by atoms with Crippen molar-refractivity contribution in [2.45, 2.75) is 18.2 Å². The highest BCUT2D eigenvalue weighted by Crippen LogP contribution is 2.29. The molecule has 7 nitrogen and oxygen atoms in total. The lowest BCUT2D eigenvalue weighted by molar-refractivity contribution is 0.0951. The van der Waals surface area contributed by atoms with Crippen LogP contribution in [0.5, 0.6) is 5.88 Å². The molecule has 1 aliphatic heterocycles. The van der Waals surface area contributed by atoms with E-state index in [2.05, 4.69) is 15.0 Å². The van der Waals surface area contributed by atoms with Crippen molar-refractivity contribution < 1.29 is 22.9 Å². The van der Waals surface area contributed by atoms with Crippen LogP contribution in [0.1, 0.15) is 31.8 Å². The van der Waals surface area contributed by atoms with Crippen LogP contribution in [0.2, 0.25) is 5.02 Å². The maximum atomic E-state index is 13.4. The number of hydrogen-bond acceptors (Lipinski definition) is 5. The Morgan fingerprint density at radius 2 is 2.03 bits per heavy atom. The molecule has 2 heterocycles. The molecule has 33 heavy (non-hydrogen) atoms. The molecule has 4 rings (SSSR count). The van der Waals surface area contributed by atoms with E-state index in [1.54, 1.807) is 30.5 Å². The summed E-state index contributed by atoms with van der Waals surface area (Å²) < 4.78 is 34.0. The Kier molecular flexibility index (Phi) is 6.71. The molecule has 3 aromatic rings. The van der Waals surface area contributed by atoms with Gasteiger partial charge >= 0.3 is 0 Å². The second-order valence-corrected chi connectivity index (χ2v) is 9.13. The number of nitrogens with one attached hydrogen (secondary N) is 2. The number of benzene rings is 2. The van der Waals surface area contributed by atoms with Gasteiger partial charge in [-0.2, -0.15) is 0 Å². The smallest absolute Gasteiger partial charge is 0.251 e. The summed E-state index contributed by atoms with van der Waals surface area (Å²) in [4.78, 5) is 29.8. The van der Waals surface area contributed by atoms with E-state index in [0.29, 0.717) is 22.7 Å². The number of aromatic nitrogens is 1. The average molecular weight is 488 g/mol. The highest BCUT2D eigenvalue weighted by Gasteiger charge is 2.34. The van der Waals surface area contributed by atoms with Crippen LogP contribution in [0.25, 0.3) is 0 Å². The largest absolute Gasteiger partial charge is 0.481 e. The minimum absolute atomic E-state index is 0.0688. The van der Waals surface area contributed by atoms with Crippen LogP contribution in [-0.2, 0) is 24.0 Å². The number of ether oxygens (including phenoxy) is 1. The number of fused-ring (bicyclic) bond motifs is 1. The third-order valence-corrected chi connectivity index (χ3v) is 6.78. The number of Topliss-reactive ketones (excluding diaryl/α,β-unsaturated/α-hetero) is 1. The number of ketones is 1. The molecule has 1 amide bonds. The standard InChI is InChI=1S/C23H19ClFN3O4S/c1-32-21-10-14(6-7-26-21)12-27-23(30)15-3-5-19-16(11-15)22(29)20(33(31)28-19)9-13-2-4-18(25)17(24)8-13/h2-8,10-11,20,28H,9,12H2,1H3,(H,27,30). The van der Waals surface area contributed by atoms with Gasteiger partial charge in [-0.3, -0.25) is 9.59 Å². The number of methoxy groups -OCH3 is 1. The molecule has 2 aromatic carbocycles. The highest BCUT2D eigenvalue weighted by molar-refractivity contribution is 7.88. The predicted octanol–water partition coefficient (Wildman–Crippen LogP) is 3.70. The summed E-state index contributed by atoms with van der Waals surface area (Å²) in [5, 5.41) is 1.83. The van der Waals surface area contributed by atoms with Gasteiger partial charge in [0.15, 0.2) is 5.78 Å². The molecular weight excluding hydrogens is 469 g/mol. The summed E-state index contributed by atoms with van der Waals surface area (Å²) in [6.07, 6.45) is 1.69. The molecule has 0 saturated carbocycles. The molecule has 2 unspecified atom stereocenters. The summed E-state index contributed by atoms with van der Waals surface area (Å²) in [5.74, 6) is -0.861. The van der Waals surface area contributed by atoms with Crippen molar-refractivity contribution in [2.24, 2.45) is 0 Å². The van der Waals surface area contributed by atoms with Gasteiger partial charge in [-0.15, -0.1) is 0 Å². The molecule has 10 heteroatoms. The minimum Gasteiger partial charge on any atom is -0.481 e. The summed E-state index contributed by atoms with van der Waals surface area (Å²) in [7, 11) is -0.178. The number of carbonyl (C=O) groups is 2. The number of hydrogen-bond donors (Lipinski definition) is 2. The SMILES string of the molecule is COc1cc(CNC(=O)c2ccc3c(c2)C(=O)C(Cc2ccc(F)c(Cl)c2)S(=O)N3)ccn1. The van der Waals surface area contributed by atoms with E-state index in [1.165, 1.54) is 31.4 Å². The molecule has 0 bridgehead atoms. The van der Waals surface area contributed by atoms with Crippen molar-refractivity contribution >= 4 is 40.0 Å². The van der Waals surface area contributed by atoms with Gasteiger partial charge in [0.25, 0.3) is 5.91 Å². The molecule has 1 aromatic heterocycles. The van der Waals surface area contributed by atoms with Gasteiger partial charge in [-0.05, 0) is 53.9 Å². The van der Waals surface area contributed by atoms with E-state index >= 15 is 0 Å². The normalized spacial score (nSPS) is 17.1. The first-order valence-corrected chi connectivity index (χ1v) is 11.5. The summed E-state index contributed by atoms with van der Waals surface area (Å²) in [5.41, 5.74) is 2.34. The quantitative estimate of drug-likeness (QED) is 0.552. The van der Waals surface area contributed by atoms with Crippen molar-refractivity contribution in [1.82, 2.24) is 10.3 Å². The fourth-order valence-corrected chi connectivity index (χ4v) is 4.84. The Labute approximate surface area is 196 Å².